The summed E-state index contributed by atoms with van der Waals surface area (Å²) in [6, 6.07) is 16.8. The van der Waals surface area contributed by atoms with Crippen LogP contribution < -0.4 is 14.2 Å². The van der Waals surface area contributed by atoms with Crippen LogP contribution in [0.3, 0.4) is 0 Å². The van der Waals surface area contributed by atoms with Gasteiger partial charge in [-0.05, 0) is 60.9 Å². The van der Waals surface area contributed by atoms with E-state index in [0.717, 1.165) is 24.0 Å². The number of carbonyl (C=O) groups excluding carboxylic acids is 1. The molecule has 0 aliphatic heterocycles. The average Bonchev–Trinajstić information content (AvgIpc) is 2.97. The molecule has 5 rings (SSSR count). The van der Waals surface area contributed by atoms with Gasteiger partial charge in [0.1, 0.15) is 29.6 Å². The first-order valence-electron chi connectivity index (χ1n) is 13.9. The van der Waals surface area contributed by atoms with Crippen LogP contribution in [0.1, 0.15) is 78.6 Å². The largest absolute Gasteiger partial charge is 0.507 e. The van der Waals surface area contributed by atoms with Gasteiger partial charge < -0.3 is 19.3 Å². The third-order valence-corrected chi connectivity index (χ3v) is 10.7. The fourth-order valence-electron chi connectivity index (χ4n) is 6.42. The van der Waals surface area contributed by atoms with Crippen molar-refractivity contribution in [2.24, 2.45) is 5.41 Å². The first-order valence-corrected chi connectivity index (χ1v) is 15.0. The zero-order valence-corrected chi connectivity index (χ0v) is 26.5. The van der Waals surface area contributed by atoms with Crippen molar-refractivity contribution in [1.29, 1.82) is 0 Å². The molecule has 6 heteroatoms. The minimum atomic E-state index is -0.281. The topological polar surface area (TPSA) is 65.0 Å². The van der Waals surface area contributed by atoms with Gasteiger partial charge in [0.25, 0.3) is 0 Å². The van der Waals surface area contributed by atoms with Crippen molar-refractivity contribution in [3.05, 3.63) is 106 Å². The van der Waals surface area contributed by atoms with E-state index in [1.54, 1.807) is 26.4 Å². The predicted octanol–water partition coefficient (Wildman–Crippen LogP) is 8.55. The molecule has 41 heavy (non-hydrogen) atoms. The molecule has 214 valence electrons. The normalized spacial score (nSPS) is 21.1. The number of halogens is 1. The number of aromatic hydroxyl groups is 1. The number of phenolic OH excluding ortho intramolecular Hbond substituents is 1. The monoisotopic (exact) mass is 664 g/mol. The Labute approximate surface area is 256 Å². The summed E-state index contributed by atoms with van der Waals surface area (Å²) in [5, 5.41) is 11.1. The molecule has 5 nitrogen and oxygen atoms in total. The second-order valence-corrected chi connectivity index (χ2v) is 13.5. The molecular weight excluding hydrogens is 627 g/mol. The van der Waals surface area contributed by atoms with Gasteiger partial charge in [0.05, 0.1) is 28.8 Å². The Morgan fingerprint density at radius 2 is 1.76 bits per heavy atom. The van der Waals surface area contributed by atoms with E-state index in [0.29, 0.717) is 41.4 Å². The van der Waals surface area contributed by atoms with Crippen LogP contribution in [0, 0.1) is 5.41 Å². The highest BCUT2D eigenvalue weighted by atomic mass is 127. The molecule has 0 radical (unpaired) electrons. The van der Waals surface area contributed by atoms with E-state index in [-0.39, 0.29) is 31.9 Å². The van der Waals surface area contributed by atoms with Crippen molar-refractivity contribution < 1.29 is 24.1 Å². The van der Waals surface area contributed by atoms with E-state index < -0.39 is 0 Å². The number of allylic oxidation sites excluding steroid dienone is 3. The molecule has 0 saturated carbocycles. The molecule has 0 spiro atoms. The molecule has 0 saturated heterocycles. The standard InChI is InChI=1S/C35H37IO5/c1-7-35(36)16-15-34(3,4)26(21(35)2)19-25-24-17-23(39-5)18-29(41-20-22-11-9-8-10-12-22)31(24)33(38)32-27(37)13-14-28(40-6)30(25)32/h7-14,17-18,25,37H,1,15-16,19-20H2,2-6H3/t25-,35+/m0/s1. The molecule has 0 bridgehead atoms. The highest BCUT2D eigenvalue weighted by Crippen LogP contribution is 2.56. The smallest absolute Gasteiger partial charge is 0.201 e. The van der Waals surface area contributed by atoms with Gasteiger partial charge in [0, 0.05) is 17.5 Å². The number of carbonyl (C=O) groups is 1. The van der Waals surface area contributed by atoms with Gasteiger partial charge in [0.15, 0.2) is 0 Å². The van der Waals surface area contributed by atoms with Crippen molar-refractivity contribution in [3.63, 3.8) is 0 Å². The summed E-state index contributed by atoms with van der Waals surface area (Å²) in [4.78, 5) is 14.2. The number of ketones is 1. The minimum absolute atomic E-state index is 0.0564. The fourth-order valence-corrected chi connectivity index (χ4v) is 7.01. The Morgan fingerprint density at radius 3 is 2.41 bits per heavy atom. The van der Waals surface area contributed by atoms with E-state index in [9.17, 15) is 9.90 Å². The highest BCUT2D eigenvalue weighted by Gasteiger charge is 2.44. The number of ether oxygens (including phenoxy) is 3. The van der Waals surface area contributed by atoms with Gasteiger partial charge in [-0.1, -0.05) is 84.0 Å². The third kappa shape index (κ3) is 5.16. The van der Waals surface area contributed by atoms with Crippen molar-refractivity contribution >= 4 is 28.4 Å². The molecule has 0 unspecified atom stereocenters. The molecule has 3 aromatic rings. The molecular formula is C35H37IO5. The second-order valence-electron chi connectivity index (χ2n) is 11.6. The van der Waals surface area contributed by atoms with Crippen LogP contribution in [-0.4, -0.2) is 28.5 Å². The molecule has 0 fully saturated rings. The van der Waals surface area contributed by atoms with Gasteiger partial charge >= 0.3 is 0 Å². The number of alkyl halides is 1. The van der Waals surface area contributed by atoms with Crippen molar-refractivity contribution in [3.8, 4) is 23.0 Å². The highest BCUT2D eigenvalue weighted by molar-refractivity contribution is 14.1. The van der Waals surface area contributed by atoms with Crippen LogP contribution >= 0.6 is 22.6 Å². The summed E-state index contributed by atoms with van der Waals surface area (Å²) < 4.78 is 17.7. The van der Waals surface area contributed by atoms with Gasteiger partial charge in [0.2, 0.25) is 5.78 Å². The van der Waals surface area contributed by atoms with Gasteiger partial charge in [-0.2, -0.15) is 0 Å². The maximum atomic E-state index is 14.2. The summed E-state index contributed by atoms with van der Waals surface area (Å²) in [6.45, 7) is 11.3. The Morgan fingerprint density at radius 1 is 1.02 bits per heavy atom. The summed E-state index contributed by atoms with van der Waals surface area (Å²) in [5.41, 5.74) is 5.80. The number of hydrogen-bond donors (Lipinski definition) is 1. The lowest BCUT2D eigenvalue weighted by atomic mass is 9.64. The first-order chi connectivity index (χ1) is 19.5. The van der Waals surface area contributed by atoms with Gasteiger partial charge in [-0.15, -0.1) is 6.58 Å². The van der Waals surface area contributed by atoms with Crippen LogP contribution in [0.15, 0.2) is 78.4 Å². The number of fused-ring (bicyclic) bond motifs is 2. The van der Waals surface area contributed by atoms with E-state index in [4.69, 9.17) is 14.2 Å². The molecule has 1 N–H and O–H groups in total. The molecule has 2 aliphatic rings. The maximum Gasteiger partial charge on any atom is 0.201 e. The van der Waals surface area contributed by atoms with Crippen LogP contribution in [0.4, 0.5) is 0 Å². The van der Waals surface area contributed by atoms with E-state index in [1.165, 1.54) is 17.2 Å². The summed E-state index contributed by atoms with van der Waals surface area (Å²) in [7, 11) is 3.22. The second kappa shape index (κ2) is 11.2. The quantitative estimate of drug-likeness (QED) is 0.149. The number of methoxy groups -OCH3 is 2. The predicted molar refractivity (Wildman–Crippen MR) is 171 cm³/mol. The van der Waals surface area contributed by atoms with Crippen LogP contribution in [0.5, 0.6) is 23.0 Å². The summed E-state index contributed by atoms with van der Waals surface area (Å²) in [6.07, 6.45) is 4.73. The Bertz CT molecular complexity index is 1540. The van der Waals surface area contributed by atoms with Crippen molar-refractivity contribution in [2.75, 3.05) is 14.2 Å². The van der Waals surface area contributed by atoms with Gasteiger partial charge in [-0.25, -0.2) is 0 Å². The van der Waals surface area contributed by atoms with E-state index >= 15 is 0 Å². The zero-order chi connectivity index (χ0) is 29.5. The third-order valence-electron chi connectivity index (χ3n) is 8.90. The minimum Gasteiger partial charge on any atom is -0.507 e. The van der Waals surface area contributed by atoms with Crippen LogP contribution in [0.25, 0.3) is 0 Å². The molecule has 3 aromatic carbocycles. The van der Waals surface area contributed by atoms with E-state index in [1.807, 2.05) is 36.4 Å². The number of benzene rings is 3. The number of hydrogen-bond acceptors (Lipinski definition) is 5. The molecule has 0 aromatic heterocycles. The molecule has 2 aliphatic carbocycles. The average molecular weight is 665 g/mol. The molecule has 0 heterocycles. The Balaban J connectivity index is 1.74. The molecule has 2 atom stereocenters. The number of phenols is 1. The fraction of sp³-hybridized carbons (Fsp3) is 0.343. The Kier molecular flexibility index (Phi) is 7.99. The summed E-state index contributed by atoms with van der Waals surface area (Å²) in [5.74, 6) is 1.00. The SMILES string of the molecule is C=C[C@@]1(I)CCC(C)(C)C(C[C@H]2c3cc(OC)cc(OCc4ccccc4)c3C(=O)c3c(O)ccc(OC)c32)=C1C. The summed E-state index contributed by atoms with van der Waals surface area (Å²) >= 11 is 2.53. The zero-order valence-electron chi connectivity index (χ0n) is 24.3. The van der Waals surface area contributed by atoms with Crippen molar-refractivity contribution in [2.45, 2.75) is 56.0 Å². The first kappa shape index (κ1) is 29.2. The maximum absolute atomic E-state index is 14.2. The van der Waals surface area contributed by atoms with Gasteiger partial charge in [-0.3, -0.25) is 4.79 Å². The lowest BCUT2D eigenvalue weighted by Crippen LogP contribution is -2.34. The lowest BCUT2D eigenvalue weighted by molar-refractivity contribution is 0.102. The Hall–Kier alpha value is -3.26. The van der Waals surface area contributed by atoms with Crippen molar-refractivity contribution in [1.82, 2.24) is 0 Å². The van der Waals surface area contributed by atoms with Crippen LogP contribution in [-0.2, 0) is 6.61 Å². The lowest BCUT2D eigenvalue weighted by Gasteiger charge is -2.44. The van der Waals surface area contributed by atoms with E-state index in [2.05, 4.69) is 56.0 Å². The molecule has 0 amide bonds. The van der Waals surface area contributed by atoms with Crippen LogP contribution in [0.2, 0.25) is 0 Å². The number of rotatable bonds is 8.